The first-order chi connectivity index (χ1) is 8.71. The molecule has 1 unspecified atom stereocenters. The fourth-order valence-electron chi connectivity index (χ4n) is 1.94. The van der Waals surface area contributed by atoms with E-state index >= 15 is 0 Å². The van der Waals surface area contributed by atoms with E-state index in [2.05, 4.69) is 25.2 Å². The van der Waals surface area contributed by atoms with Crippen LogP contribution in [0.1, 0.15) is 32.3 Å². The number of hydrogen-bond acceptors (Lipinski definition) is 3. The van der Waals surface area contributed by atoms with Gasteiger partial charge in [-0.15, -0.1) is 0 Å². The van der Waals surface area contributed by atoms with Gasteiger partial charge in [-0.1, -0.05) is 6.92 Å². The molecular weight excluding hydrogens is 226 g/mol. The molecule has 1 atom stereocenters. The summed E-state index contributed by atoms with van der Waals surface area (Å²) in [6, 6.07) is 6.49. The minimum atomic E-state index is 0.529. The summed E-state index contributed by atoms with van der Waals surface area (Å²) in [6.07, 6.45) is 3.27. The molecule has 0 saturated carbocycles. The molecule has 0 aromatic heterocycles. The number of methoxy groups -OCH3 is 2. The van der Waals surface area contributed by atoms with E-state index in [1.165, 1.54) is 12.0 Å². The fraction of sp³-hybridized carbons (Fsp3) is 0.600. The van der Waals surface area contributed by atoms with Gasteiger partial charge in [-0.2, -0.15) is 0 Å². The van der Waals surface area contributed by atoms with Gasteiger partial charge < -0.3 is 14.8 Å². The largest absolute Gasteiger partial charge is 0.497 e. The smallest absolute Gasteiger partial charge is 0.122 e. The minimum absolute atomic E-state index is 0.529. The zero-order chi connectivity index (χ0) is 13.4. The molecule has 0 aliphatic rings. The van der Waals surface area contributed by atoms with Crippen LogP contribution in [0.25, 0.3) is 0 Å². The summed E-state index contributed by atoms with van der Waals surface area (Å²) in [7, 11) is 3.40. The van der Waals surface area contributed by atoms with Crippen LogP contribution in [-0.2, 0) is 6.42 Å². The van der Waals surface area contributed by atoms with Crippen LogP contribution < -0.4 is 14.8 Å². The molecule has 1 aromatic rings. The molecular formula is C15H25NO2. The van der Waals surface area contributed by atoms with Gasteiger partial charge in [-0.3, -0.25) is 0 Å². The fourth-order valence-corrected chi connectivity index (χ4v) is 1.94. The van der Waals surface area contributed by atoms with Crippen molar-refractivity contribution < 1.29 is 9.47 Å². The van der Waals surface area contributed by atoms with Gasteiger partial charge in [-0.05, 0) is 56.5 Å². The third-order valence-electron chi connectivity index (χ3n) is 3.08. The van der Waals surface area contributed by atoms with E-state index in [9.17, 15) is 0 Å². The van der Waals surface area contributed by atoms with Crippen LogP contribution >= 0.6 is 0 Å². The molecule has 0 aliphatic carbocycles. The van der Waals surface area contributed by atoms with Gasteiger partial charge in [0.1, 0.15) is 11.5 Å². The second-order valence-corrected chi connectivity index (χ2v) is 4.57. The van der Waals surface area contributed by atoms with E-state index in [0.717, 1.165) is 30.9 Å². The molecule has 3 nitrogen and oxygen atoms in total. The minimum Gasteiger partial charge on any atom is -0.497 e. The van der Waals surface area contributed by atoms with Gasteiger partial charge in [0.15, 0.2) is 0 Å². The Balaban J connectivity index is 2.59. The highest BCUT2D eigenvalue weighted by atomic mass is 16.5. The Morgan fingerprint density at radius 3 is 2.61 bits per heavy atom. The normalized spacial score (nSPS) is 12.2. The van der Waals surface area contributed by atoms with Gasteiger partial charge in [0.25, 0.3) is 0 Å². The highest BCUT2D eigenvalue weighted by Crippen LogP contribution is 2.25. The second kappa shape index (κ2) is 7.98. The Labute approximate surface area is 110 Å². The summed E-state index contributed by atoms with van der Waals surface area (Å²) in [5, 5.41) is 3.50. The van der Waals surface area contributed by atoms with E-state index in [0.29, 0.717) is 6.04 Å². The molecule has 0 heterocycles. The lowest BCUT2D eigenvalue weighted by atomic mass is 10.0. The van der Waals surface area contributed by atoms with E-state index < -0.39 is 0 Å². The molecule has 0 amide bonds. The summed E-state index contributed by atoms with van der Waals surface area (Å²) in [5.74, 6) is 1.83. The first kappa shape index (κ1) is 14.8. The van der Waals surface area contributed by atoms with Crippen molar-refractivity contribution in [3.63, 3.8) is 0 Å². The van der Waals surface area contributed by atoms with Gasteiger partial charge >= 0.3 is 0 Å². The molecule has 0 bridgehead atoms. The summed E-state index contributed by atoms with van der Waals surface area (Å²) in [6.45, 7) is 5.49. The lowest BCUT2D eigenvalue weighted by Gasteiger charge is -2.15. The summed E-state index contributed by atoms with van der Waals surface area (Å²) < 4.78 is 10.6. The third kappa shape index (κ3) is 4.57. The van der Waals surface area contributed by atoms with E-state index in [-0.39, 0.29) is 0 Å². The summed E-state index contributed by atoms with van der Waals surface area (Å²) in [5.41, 5.74) is 1.21. The maximum atomic E-state index is 5.38. The van der Waals surface area contributed by atoms with Crippen LogP contribution in [0.4, 0.5) is 0 Å². The zero-order valence-corrected chi connectivity index (χ0v) is 12.0. The number of nitrogens with one attached hydrogen (secondary N) is 1. The summed E-state index contributed by atoms with van der Waals surface area (Å²) in [4.78, 5) is 0. The highest BCUT2D eigenvalue weighted by molar-refractivity contribution is 5.40. The first-order valence-electron chi connectivity index (χ1n) is 6.65. The SMILES string of the molecule is CCCNC(C)CCc1cc(OC)ccc1OC. The van der Waals surface area contributed by atoms with Crippen molar-refractivity contribution in [2.24, 2.45) is 0 Å². The Bertz CT molecular complexity index is 352. The standard InChI is InChI=1S/C15H25NO2/c1-5-10-16-12(2)6-7-13-11-14(17-3)8-9-15(13)18-4/h8-9,11-12,16H,5-7,10H2,1-4H3. The van der Waals surface area contributed by atoms with Crippen LogP contribution in [0.15, 0.2) is 18.2 Å². The number of rotatable bonds is 8. The number of ether oxygens (including phenoxy) is 2. The maximum absolute atomic E-state index is 5.38. The Hall–Kier alpha value is -1.22. The summed E-state index contributed by atoms with van der Waals surface area (Å²) >= 11 is 0. The van der Waals surface area contributed by atoms with Crippen molar-refractivity contribution in [1.29, 1.82) is 0 Å². The van der Waals surface area contributed by atoms with E-state index in [1.807, 2.05) is 12.1 Å². The molecule has 102 valence electrons. The molecule has 0 fully saturated rings. The lowest BCUT2D eigenvalue weighted by molar-refractivity contribution is 0.396. The van der Waals surface area contributed by atoms with Crippen LogP contribution in [0.2, 0.25) is 0 Å². The van der Waals surface area contributed by atoms with Gasteiger partial charge in [-0.25, -0.2) is 0 Å². The topological polar surface area (TPSA) is 30.5 Å². The lowest BCUT2D eigenvalue weighted by Crippen LogP contribution is -2.27. The third-order valence-corrected chi connectivity index (χ3v) is 3.08. The quantitative estimate of drug-likeness (QED) is 0.770. The maximum Gasteiger partial charge on any atom is 0.122 e. The van der Waals surface area contributed by atoms with Crippen molar-refractivity contribution >= 4 is 0 Å². The van der Waals surface area contributed by atoms with Crippen LogP contribution in [0, 0.1) is 0 Å². The highest BCUT2D eigenvalue weighted by Gasteiger charge is 2.07. The molecule has 18 heavy (non-hydrogen) atoms. The predicted molar refractivity (Wildman–Crippen MR) is 75.6 cm³/mol. The average molecular weight is 251 g/mol. The number of benzene rings is 1. The Kier molecular flexibility index (Phi) is 6.58. The van der Waals surface area contributed by atoms with Crippen LogP contribution in [0.3, 0.4) is 0 Å². The molecule has 0 radical (unpaired) electrons. The van der Waals surface area contributed by atoms with Crippen molar-refractivity contribution in [2.45, 2.75) is 39.2 Å². The molecule has 1 N–H and O–H groups in total. The molecule has 0 saturated heterocycles. The molecule has 0 spiro atoms. The van der Waals surface area contributed by atoms with Crippen molar-refractivity contribution in [1.82, 2.24) is 5.32 Å². The first-order valence-corrected chi connectivity index (χ1v) is 6.65. The van der Waals surface area contributed by atoms with Crippen LogP contribution in [0.5, 0.6) is 11.5 Å². The average Bonchev–Trinajstić information content (AvgIpc) is 2.42. The molecule has 0 aliphatic heterocycles. The van der Waals surface area contributed by atoms with Crippen LogP contribution in [-0.4, -0.2) is 26.8 Å². The second-order valence-electron chi connectivity index (χ2n) is 4.57. The van der Waals surface area contributed by atoms with Gasteiger partial charge in [0, 0.05) is 6.04 Å². The number of hydrogen-bond donors (Lipinski definition) is 1. The Morgan fingerprint density at radius 1 is 1.22 bits per heavy atom. The Morgan fingerprint density at radius 2 is 2.00 bits per heavy atom. The van der Waals surface area contributed by atoms with E-state index in [4.69, 9.17) is 9.47 Å². The van der Waals surface area contributed by atoms with E-state index in [1.54, 1.807) is 14.2 Å². The molecule has 3 heteroatoms. The molecule has 1 rings (SSSR count). The van der Waals surface area contributed by atoms with Crippen molar-refractivity contribution in [3.05, 3.63) is 23.8 Å². The van der Waals surface area contributed by atoms with Gasteiger partial charge in [0.2, 0.25) is 0 Å². The zero-order valence-electron chi connectivity index (χ0n) is 12.0. The molecule has 1 aromatic carbocycles. The van der Waals surface area contributed by atoms with Crippen molar-refractivity contribution in [3.8, 4) is 11.5 Å². The van der Waals surface area contributed by atoms with Gasteiger partial charge in [0.05, 0.1) is 14.2 Å². The monoisotopic (exact) mass is 251 g/mol. The van der Waals surface area contributed by atoms with Crippen molar-refractivity contribution in [2.75, 3.05) is 20.8 Å². The number of aryl methyl sites for hydroxylation is 1. The predicted octanol–water partition coefficient (Wildman–Crippen LogP) is 3.02.